The smallest absolute Gasteiger partial charge is 0.407 e. The topological polar surface area (TPSA) is 121 Å². The van der Waals surface area contributed by atoms with Crippen molar-refractivity contribution in [3.05, 3.63) is 34.6 Å². The van der Waals surface area contributed by atoms with Crippen molar-refractivity contribution >= 4 is 11.8 Å². The van der Waals surface area contributed by atoms with Gasteiger partial charge in [0.2, 0.25) is 5.75 Å². The Morgan fingerprint density at radius 1 is 1.38 bits per heavy atom. The van der Waals surface area contributed by atoms with Gasteiger partial charge in [0.1, 0.15) is 11.9 Å². The normalized spacial score (nSPS) is 11.1. The summed E-state index contributed by atoms with van der Waals surface area (Å²) in [6.07, 6.45) is 0.961. The minimum absolute atomic E-state index is 0.0992. The number of aromatic nitrogens is 3. The maximum absolute atomic E-state index is 11.6. The van der Waals surface area contributed by atoms with Crippen molar-refractivity contribution in [1.29, 1.82) is 0 Å². The molecule has 0 aliphatic rings. The van der Waals surface area contributed by atoms with E-state index in [1.165, 1.54) is 24.2 Å². The fourth-order valence-corrected chi connectivity index (χ4v) is 2.17. The predicted molar refractivity (Wildman–Crippen MR) is 92.9 cm³/mol. The molecular formula is C16H21N5O5. The second-order valence-electron chi connectivity index (χ2n) is 6.37. The van der Waals surface area contributed by atoms with Crippen LogP contribution in [0.1, 0.15) is 20.8 Å². The molecule has 10 nitrogen and oxygen atoms in total. The molecule has 0 unspecified atom stereocenters. The SMILES string of the molecule is COc1c(-c2ncn(CCNC(=O)OC(C)(C)C)n2)cccc1[N+](=O)[O-]. The summed E-state index contributed by atoms with van der Waals surface area (Å²) < 4.78 is 11.8. The molecule has 1 heterocycles. The molecule has 140 valence electrons. The number of alkyl carbamates (subject to hydrolysis) is 1. The maximum Gasteiger partial charge on any atom is 0.407 e. The quantitative estimate of drug-likeness (QED) is 0.617. The van der Waals surface area contributed by atoms with Crippen LogP contribution in [0.5, 0.6) is 5.75 Å². The zero-order valence-corrected chi connectivity index (χ0v) is 15.1. The Morgan fingerprint density at radius 2 is 2.12 bits per heavy atom. The fourth-order valence-electron chi connectivity index (χ4n) is 2.17. The number of para-hydroxylation sites is 1. The van der Waals surface area contributed by atoms with Crippen LogP contribution in [0.2, 0.25) is 0 Å². The molecule has 0 radical (unpaired) electrons. The number of benzene rings is 1. The van der Waals surface area contributed by atoms with Crippen LogP contribution in [0.15, 0.2) is 24.5 Å². The van der Waals surface area contributed by atoms with Crippen molar-refractivity contribution in [1.82, 2.24) is 20.1 Å². The lowest BCUT2D eigenvalue weighted by molar-refractivity contribution is -0.385. The summed E-state index contributed by atoms with van der Waals surface area (Å²) >= 11 is 0. The minimum atomic E-state index is -0.566. The summed E-state index contributed by atoms with van der Waals surface area (Å²) in [7, 11) is 1.35. The monoisotopic (exact) mass is 363 g/mol. The van der Waals surface area contributed by atoms with Gasteiger partial charge in [0.05, 0.1) is 24.1 Å². The third-order valence-electron chi connectivity index (χ3n) is 3.18. The van der Waals surface area contributed by atoms with E-state index >= 15 is 0 Å². The molecule has 0 saturated heterocycles. The summed E-state index contributed by atoms with van der Waals surface area (Å²) in [5.74, 6) is 0.393. The van der Waals surface area contributed by atoms with Crippen molar-refractivity contribution in [2.45, 2.75) is 32.9 Å². The van der Waals surface area contributed by atoms with Crippen molar-refractivity contribution in [3.8, 4) is 17.1 Å². The molecule has 0 aliphatic carbocycles. The second-order valence-corrected chi connectivity index (χ2v) is 6.37. The minimum Gasteiger partial charge on any atom is -0.490 e. The molecule has 1 N–H and O–H groups in total. The highest BCUT2D eigenvalue weighted by Gasteiger charge is 2.21. The van der Waals surface area contributed by atoms with Gasteiger partial charge in [-0.25, -0.2) is 9.78 Å². The van der Waals surface area contributed by atoms with Crippen molar-refractivity contribution in [2.24, 2.45) is 0 Å². The van der Waals surface area contributed by atoms with E-state index in [1.807, 2.05) is 0 Å². The molecule has 1 aromatic carbocycles. The molecule has 1 amide bonds. The molecule has 0 spiro atoms. The molecule has 26 heavy (non-hydrogen) atoms. The van der Waals surface area contributed by atoms with Gasteiger partial charge in [-0.1, -0.05) is 6.07 Å². The predicted octanol–water partition coefficient (Wildman–Crippen LogP) is 2.39. The zero-order valence-electron chi connectivity index (χ0n) is 15.1. The number of hydrogen-bond acceptors (Lipinski definition) is 7. The van der Waals surface area contributed by atoms with E-state index in [1.54, 1.807) is 32.9 Å². The molecule has 0 bridgehead atoms. The molecule has 10 heteroatoms. The van der Waals surface area contributed by atoms with Crippen LogP contribution in [0, 0.1) is 10.1 Å². The van der Waals surface area contributed by atoms with Crippen LogP contribution in [0.3, 0.4) is 0 Å². The lowest BCUT2D eigenvalue weighted by atomic mass is 10.1. The standard InChI is InChI=1S/C16H21N5O5/c1-16(2,3)26-15(22)17-8-9-20-10-18-14(19-20)11-6-5-7-12(21(23)24)13(11)25-4/h5-7,10H,8-9H2,1-4H3,(H,17,22). The Morgan fingerprint density at radius 3 is 2.73 bits per heavy atom. The molecule has 2 aromatic rings. The van der Waals surface area contributed by atoms with Crippen molar-refractivity contribution < 1.29 is 19.2 Å². The summed E-state index contributed by atoms with van der Waals surface area (Å²) in [5.41, 5.74) is -0.309. The van der Waals surface area contributed by atoms with Crippen molar-refractivity contribution in [3.63, 3.8) is 0 Å². The van der Waals surface area contributed by atoms with E-state index in [2.05, 4.69) is 15.4 Å². The van der Waals surface area contributed by atoms with Gasteiger partial charge in [-0.2, -0.15) is 5.10 Å². The van der Waals surface area contributed by atoms with E-state index in [9.17, 15) is 14.9 Å². The average Bonchev–Trinajstić information content (AvgIpc) is 3.00. The van der Waals surface area contributed by atoms with Gasteiger partial charge in [0.25, 0.3) is 0 Å². The lowest BCUT2D eigenvalue weighted by Crippen LogP contribution is -2.34. The lowest BCUT2D eigenvalue weighted by Gasteiger charge is -2.19. The first-order chi connectivity index (χ1) is 12.2. The van der Waals surface area contributed by atoms with E-state index in [0.717, 1.165) is 0 Å². The van der Waals surface area contributed by atoms with Crippen LogP contribution in [-0.2, 0) is 11.3 Å². The molecule has 0 atom stereocenters. The molecule has 1 aromatic heterocycles. The number of hydrogen-bond donors (Lipinski definition) is 1. The average molecular weight is 363 g/mol. The second kappa shape index (κ2) is 7.81. The number of nitrogens with one attached hydrogen (secondary N) is 1. The Labute approximate surface area is 150 Å². The number of carbonyl (C=O) groups excluding carboxylic acids is 1. The Kier molecular flexibility index (Phi) is 5.75. The number of carbonyl (C=O) groups is 1. The van der Waals surface area contributed by atoms with E-state index in [-0.39, 0.29) is 11.4 Å². The van der Waals surface area contributed by atoms with Crippen LogP contribution >= 0.6 is 0 Å². The third-order valence-corrected chi connectivity index (χ3v) is 3.18. The number of nitrogens with zero attached hydrogens (tertiary/aromatic N) is 4. The summed E-state index contributed by atoms with van der Waals surface area (Å²) in [5, 5.41) is 18.0. The van der Waals surface area contributed by atoms with Gasteiger partial charge in [-0.15, -0.1) is 0 Å². The molecule has 0 fully saturated rings. The zero-order chi connectivity index (χ0) is 19.3. The number of nitro benzene ring substituents is 1. The summed E-state index contributed by atoms with van der Waals surface area (Å²) in [4.78, 5) is 26.3. The Bertz CT molecular complexity index is 797. The van der Waals surface area contributed by atoms with Gasteiger partial charge in [-0.3, -0.25) is 14.8 Å². The summed E-state index contributed by atoms with van der Waals surface area (Å²) in [6, 6.07) is 4.54. The number of nitro groups is 1. The number of amides is 1. The largest absolute Gasteiger partial charge is 0.490 e. The highest BCUT2D eigenvalue weighted by molar-refractivity contribution is 5.70. The van der Waals surface area contributed by atoms with Gasteiger partial charge in [0.15, 0.2) is 5.82 Å². The first kappa shape index (κ1) is 19.2. The maximum atomic E-state index is 11.6. The summed E-state index contributed by atoms with van der Waals surface area (Å²) in [6.45, 7) is 6.00. The first-order valence-corrected chi connectivity index (χ1v) is 7.89. The number of rotatable bonds is 6. The van der Waals surface area contributed by atoms with Crippen LogP contribution in [-0.4, -0.2) is 45.0 Å². The van der Waals surface area contributed by atoms with Gasteiger partial charge in [-0.05, 0) is 26.8 Å². The van der Waals surface area contributed by atoms with Gasteiger partial charge < -0.3 is 14.8 Å². The molecular weight excluding hydrogens is 342 g/mol. The molecule has 2 rings (SSSR count). The third kappa shape index (κ3) is 4.91. The highest BCUT2D eigenvalue weighted by atomic mass is 16.6. The van der Waals surface area contributed by atoms with Gasteiger partial charge >= 0.3 is 11.8 Å². The fraction of sp³-hybridized carbons (Fsp3) is 0.438. The van der Waals surface area contributed by atoms with Crippen LogP contribution < -0.4 is 10.1 Å². The first-order valence-electron chi connectivity index (χ1n) is 7.89. The van der Waals surface area contributed by atoms with E-state index in [4.69, 9.17) is 9.47 Å². The molecule has 0 aliphatic heterocycles. The van der Waals surface area contributed by atoms with Crippen LogP contribution in [0.25, 0.3) is 11.4 Å². The highest BCUT2D eigenvalue weighted by Crippen LogP contribution is 2.35. The van der Waals surface area contributed by atoms with E-state index < -0.39 is 16.6 Å². The Balaban J connectivity index is 2.05. The number of methoxy groups -OCH3 is 1. The molecule has 0 saturated carbocycles. The van der Waals surface area contributed by atoms with E-state index in [0.29, 0.717) is 24.5 Å². The van der Waals surface area contributed by atoms with Gasteiger partial charge in [0, 0.05) is 12.6 Å². The van der Waals surface area contributed by atoms with Crippen molar-refractivity contribution in [2.75, 3.05) is 13.7 Å². The Hall–Kier alpha value is -3.17. The number of ether oxygens (including phenoxy) is 2. The van der Waals surface area contributed by atoms with Crippen LogP contribution in [0.4, 0.5) is 10.5 Å².